The normalized spacial score (nSPS) is 17.2. The van der Waals surface area contributed by atoms with E-state index in [4.69, 9.17) is 0 Å². The number of thiol groups is 1. The van der Waals surface area contributed by atoms with E-state index in [1.807, 2.05) is 20.8 Å². The van der Waals surface area contributed by atoms with E-state index in [0.717, 1.165) is 0 Å². The zero-order valence-corrected chi connectivity index (χ0v) is 8.85. The van der Waals surface area contributed by atoms with E-state index in [1.165, 1.54) is 0 Å². The molecule has 0 heterocycles. The van der Waals surface area contributed by atoms with Crippen LogP contribution in [0.3, 0.4) is 0 Å². The molecule has 4 heteroatoms. The molecule has 0 spiro atoms. The minimum absolute atomic E-state index is 0.0347. The van der Waals surface area contributed by atoms with Crippen molar-refractivity contribution >= 4 is 18.6 Å². The Morgan fingerprint density at radius 1 is 1.50 bits per heavy atom. The minimum Gasteiger partial charge on any atom is -0.391 e. The molecule has 2 atom stereocenters. The number of carbonyl (C=O) groups is 1. The van der Waals surface area contributed by atoms with Crippen LogP contribution in [0.1, 0.15) is 27.7 Å². The van der Waals surface area contributed by atoms with Crippen LogP contribution in [-0.2, 0) is 4.79 Å². The summed E-state index contributed by atoms with van der Waals surface area (Å²) in [6.07, 6.45) is -0.714. The largest absolute Gasteiger partial charge is 0.391 e. The molecule has 72 valence electrons. The van der Waals surface area contributed by atoms with E-state index < -0.39 is 17.6 Å². The van der Waals surface area contributed by atoms with Gasteiger partial charge in [0.25, 0.3) is 0 Å². The second-order valence-corrected chi connectivity index (χ2v) is 4.22. The van der Waals surface area contributed by atoms with Gasteiger partial charge in [0, 0.05) is 5.41 Å². The number of nitrogens with one attached hydrogen (secondary N) is 1. The molecule has 0 aliphatic carbocycles. The van der Waals surface area contributed by atoms with Gasteiger partial charge in [0.2, 0.25) is 0 Å². The van der Waals surface area contributed by atoms with Crippen molar-refractivity contribution in [3.8, 4) is 0 Å². The van der Waals surface area contributed by atoms with Crippen LogP contribution in [0.5, 0.6) is 0 Å². The van der Waals surface area contributed by atoms with Crippen LogP contribution in [0, 0.1) is 5.41 Å². The molecule has 12 heavy (non-hydrogen) atoms. The van der Waals surface area contributed by atoms with Crippen LogP contribution in [0.15, 0.2) is 0 Å². The van der Waals surface area contributed by atoms with E-state index in [2.05, 4.69) is 17.5 Å². The lowest BCUT2D eigenvalue weighted by molar-refractivity contribution is -0.130. The second-order valence-electron chi connectivity index (χ2n) is 3.96. The van der Waals surface area contributed by atoms with Gasteiger partial charge in [0.15, 0.2) is 5.78 Å². The van der Waals surface area contributed by atoms with Gasteiger partial charge < -0.3 is 5.11 Å². The third-order valence-electron chi connectivity index (χ3n) is 1.64. The first kappa shape index (κ1) is 11.9. The van der Waals surface area contributed by atoms with Crippen molar-refractivity contribution in [3.63, 3.8) is 0 Å². The van der Waals surface area contributed by atoms with Crippen LogP contribution in [0.4, 0.5) is 0 Å². The van der Waals surface area contributed by atoms with Crippen LogP contribution in [0.25, 0.3) is 0 Å². The van der Waals surface area contributed by atoms with Gasteiger partial charge in [-0.05, 0) is 6.92 Å². The lowest BCUT2D eigenvalue weighted by Gasteiger charge is -2.25. The Morgan fingerprint density at radius 3 is 2.00 bits per heavy atom. The maximum atomic E-state index is 11.6. The van der Waals surface area contributed by atoms with Gasteiger partial charge in [-0.1, -0.05) is 33.6 Å². The monoisotopic (exact) mass is 191 g/mol. The van der Waals surface area contributed by atoms with Crippen molar-refractivity contribution in [3.05, 3.63) is 0 Å². The van der Waals surface area contributed by atoms with Crippen molar-refractivity contribution in [1.82, 2.24) is 4.72 Å². The highest BCUT2D eigenvalue weighted by Gasteiger charge is 2.31. The lowest BCUT2D eigenvalue weighted by atomic mass is 9.85. The Labute approximate surface area is 79.1 Å². The summed E-state index contributed by atoms with van der Waals surface area (Å²) in [7, 11) is 0. The summed E-state index contributed by atoms with van der Waals surface area (Å²) in [5.74, 6) is -0.0347. The maximum Gasteiger partial charge on any atom is 0.158 e. The third-order valence-corrected chi connectivity index (χ3v) is 1.92. The van der Waals surface area contributed by atoms with E-state index >= 15 is 0 Å². The zero-order valence-electron chi connectivity index (χ0n) is 7.96. The maximum absolute atomic E-state index is 11.6. The number of ketones is 1. The van der Waals surface area contributed by atoms with Gasteiger partial charge in [0.05, 0.1) is 6.10 Å². The summed E-state index contributed by atoms with van der Waals surface area (Å²) in [6.45, 7) is 7.01. The molecule has 0 aromatic heterocycles. The van der Waals surface area contributed by atoms with Crippen molar-refractivity contribution in [2.45, 2.75) is 39.8 Å². The highest BCUT2D eigenvalue weighted by Crippen LogP contribution is 2.18. The van der Waals surface area contributed by atoms with Gasteiger partial charge in [-0.3, -0.25) is 9.52 Å². The Balaban J connectivity index is 4.44. The molecule has 3 nitrogen and oxygen atoms in total. The van der Waals surface area contributed by atoms with Crippen LogP contribution in [-0.4, -0.2) is 23.0 Å². The first-order valence-electron chi connectivity index (χ1n) is 3.92. The van der Waals surface area contributed by atoms with Crippen LogP contribution >= 0.6 is 12.8 Å². The minimum atomic E-state index is -0.714. The fourth-order valence-electron chi connectivity index (χ4n) is 0.852. The SMILES string of the molecule is CC(O)C(NS)C(=O)C(C)(C)C. The molecule has 0 fully saturated rings. The van der Waals surface area contributed by atoms with Crippen molar-refractivity contribution in [2.24, 2.45) is 5.41 Å². The second kappa shape index (κ2) is 4.25. The number of aliphatic hydroxyl groups excluding tert-OH is 1. The summed E-state index contributed by atoms with van der Waals surface area (Å²) in [4.78, 5) is 11.6. The fraction of sp³-hybridized carbons (Fsp3) is 0.875. The van der Waals surface area contributed by atoms with E-state index in [-0.39, 0.29) is 5.78 Å². The average Bonchev–Trinajstić information content (AvgIpc) is 1.86. The topological polar surface area (TPSA) is 49.3 Å². The molecule has 0 aromatic rings. The Hall–Kier alpha value is -0.0600. The number of carbonyl (C=O) groups excluding carboxylic acids is 1. The molecule has 2 N–H and O–H groups in total. The number of hydrogen-bond acceptors (Lipinski definition) is 4. The van der Waals surface area contributed by atoms with E-state index in [0.29, 0.717) is 0 Å². The van der Waals surface area contributed by atoms with Crippen molar-refractivity contribution in [2.75, 3.05) is 0 Å². The van der Waals surface area contributed by atoms with E-state index in [1.54, 1.807) is 6.92 Å². The van der Waals surface area contributed by atoms with Crippen molar-refractivity contribution < 1.29 is 9.90 Å². The van der Waals surface area contributed by atoms with Gasteiger partial charge in [-0.25, -0.2) is 0 Å². The van der Waals surface area contributed by atoms with Gasteiger partial charge in [-0.2, -0.15) is 0 Å². The molecule has 0 saturated carbocycles. The number of rotatable bonds is 3. The standard InChI is InChI=1S/C8H17NO2S/c1-5(10)6(9-12)7(11)8(2,3)4/h5-6,9-10,12H,1-4H3. The molecule has 0 aromatic carbocycles. The fourth-order valence-corrected chi connectivity index (χ4v) is 1.19. The Morgan fingerprint density at radius 2 is 1.92 bits per heavy atom. The first-order valence-corrected chi connectivity index (χ1v) is 4.37. The quantitative estimate of drug-likeness (QED) is 0.578. The summed E-state index contributed by atoms with van der Waals surface area (Å²) >= 11 is 3.80. The van der Waals surface area contributed by atoms with Crippen LogP contribution in [0.2, 0.25) is 0 Å². The smallest absolute Gasteiger partial charge is 0.158 e. The molecule has 0 bridgehead atoms. The molecular formula is C8H17NO2S. The highest BCUT2D eigenvalue weighted by molar-refractivity contribution is 7.78. The lowest BCUT2D eigenvalue weighted by Crippen LogP contribution is -2.46. The molecular weight excluding hydrogens is 174 g/mol. The van der Waals surface area contributed by atoms with Gasteiger partial charge in [0.1, 0.15) is 6.04 Å². The van der Waals surface area contributed by atoms with Gasteiger partial charge in [-0.15, -0.1) is 0 Å². The van der Waals surface area contributed by atoms with E-state index in [9.17, 15) is 9.90 Å². The summed E-state index contributed by atoms with van der Waals surface area (Å²) in [6, 6.07) is -0.590. The highest BCUT2D eigenvalue weighted by atomic mass is 32.1. The third kappa shape index (κ3) is 3.13. The molecule has 0 radical (unpaired) electrons. The number of Topliss-reactive ketones (excluding diaryl/α,β-unsaturated/α-hetero) is 1. The summed E-state index contributed by atoms with van der Waals surface area (Å²) in [5, 5.41) is 9.21. The molecule has 0 rings (SSSR count). The van der Waals surface area contributed by atoms with Crippen molar-refractivity contribution in [1.29, 1.82) is 0 Å². The Bertz CT molecular complexity index is 163. The predicted molar refractivity (Wildman–Crippen MR) is 52.1 cm³/mol. The first-order chi connectivity index (χ1) is 5.30. The Kier molecular flexibility index (Phi) is 4.23. The molecule has 0 aliphatic rings. The zero-order chi connectivity index (χ0) is 9.94. The number of aliphatic hydroxyl groups is 1. The van der Waals surface area contributed by atoms with Crippen LogP contribution < -0.4 is 4.72 Å². The molecule has 2 unspecified atom stereocenters. The summed E-state index contributed by atoms with van der Waals surface area (Å²) < 4.78 is 2.50. The molecule has 0 saturated heterocycles. The van der Waals surface area contributed by atoms with Gasteiger partial charge >= 0.3 is 0 Å². The summed E-state index contributed by atoms with van der Waals surface area (Å²) in [5.41, 5.74) is -0.447. The predicted octanol–water partition coefficient (Wildman–Crippen LogP) is 0.785. The molecule has 0 amide bonds. The molecule has 0 aliphatic heterocycles. The number of hydrogen-bond donors (Lipinski definition) is 3. The average molecular weight is 191 g/mol.